The van der Waals surface area contributed by atoms with E-state index in [2.05, 4.69) is 10.2 Å². The molecule has 104 valence electrons. The third-order valence-corrected chi connectivity index (χ3v) is 2.40. The number of anilines is 2. The maximum atomic E-state index is 5.81. The van der Waals surface area contributed by atoms with Crippen LogP contribution < -0.4 is 11.5 Å². The van der Waals surface area contributed by atoms with Crippen molar-refractivity contribution in [1.29, 1.82) is 0 Å². The maximum Gasteiger partial charge on any atom is 0.288 e. The Hall–Kier alpha value is -1.31. The van der Waals surface area contributed by atoms with E-state index < -0.39 is 5.97 Å². The van der Waals surface area contributed by atoms with Crippen molar-refractivity contribution in [3.8, 4) is 0 Å². The van der Waals surface area contributed by atoms with Gasteiger partial charge in [0.05, 0.1) is 17.8 Å². The van der Waals surface area contributed by atoms with Crippen molar-refractivity contribution in [2.45, 2.75) is 33.2 Å². The Morgan fingerprint density at radius 2 is 1.56 bits per heavy atom. The van der Waals surface area contributed by atoms with Gasteiger partial charge in [-0.15, -0.1) is 0 Å². The highest BCUT2D eigenvalue weighted by Gasteiger charge is 2.34. The quantitative estimate of drug-likeness (QED) is 0.597. The van der Waals surface area contributed by atoms with Crippen molar-refractivity contribution in [1.82, 2.24) is 10.2 Å². The summed E-state index contributed by atoms with van der Waals surface area (Å²) >= 11 is 0. The molecule has 0 aliphatic carbocycles. The number of nitrogen functional groups attached to an aromatic ring is 2. The Kier molecular flexibility index (Phi) is 5.39. The number of aromatic nitrogens is 2. The molecule has 0 amide bonds. The standard InChI is InChI=1S/C11H22N4O3/c1-4-16-11(17-5-2,18-6-3)7-8-9(12)10(13)15-14-8/h4-7,12H2,1-3H3,(H3,13,14,15). The SMILES string of the molecule is CCOC(Cc1[nH]nc(N)c1N)(OCC)OCC. The molecule has 0 unspecified atom stereocenters. The van der Waals surface area contributed by atoms with Gasteiger partial charge in [0.2, 0.25) is 0 Å². The first-order valence-electron chi connectivity index (χ1n) is 6.08. The molecule has 18 heavy (non-hydrogen) atoms. The largest absolute Gasteiger partial charge is 0.394 e. The van der Waals surface area contributed by atoms with E-state index in [0.29, 0.717) is 37.6 Å². The van der Waals surface area contributed by atoms with Gasteiger partial charge in [0.15, 0.2) is 5.82 Å². The fourth-order valence-electron chi connectivity index (χ4n) is 1.69. The molecule has 7 nitrogen and oxygen atoms in total. The van der Waals surface area contributed by atoms with Crippen molar-refractivity contribution in [3.05, 3.63) is 5.69 Å². The summed E-state index contributed by atoms with van der Waals surface area (Å²) in [6.07, 6.45) is 0.304. The van der Waals surface area contributed by atoms with Gasteiger partial charge >= 0.3 is 0 Å². The number of rotatable bonds is 8. The number of hydrogen-bond acceptors (Lipinski definition) is 6. The van der Waals surface area contributed by atoms with Crippen LogP contribution in [-0.4, -0.2) is 36.0 Å². The van der Waals surface area contributed by atoms with Gasteiger partial charge in [0.25, 0.3) is 5.97 Å². The average molecular weight is 258 g/mol. The second-order valence-corrected chi connectivity index (χ2v) is 3.66. The average Bonchev–Trinajstić information content (AvgIpc) is 2.62. The number of hydrogen-bond donors (Lipinski definition) is 3. The van der Waals surface area contributed by atoms with Crippen LogP contribution in [0.25, 0.3) is 0 Å². The van der Waals surface area contributed by atoms with Crippen LogP contribution in [0, 0.1) is 0 Å². The number of nitrogens with one attached hydrogen (secondary N) is 1. The van der Waals surface area contributed by atoms with E-state index >= 15 is 0 Å². The lowest BCUT2D eigenvalue weighted by molar-refractivity contribution is -0.376. The van der Waals surface area contributed by atoms with Crippen LogP contribution in [0.4, 0.5) is 11.5 Å². The summed E-state index contributed by atoms with van der Waals surface area (Å²) < 4.78 is 16.8. The minimum absolute atomic E-state index is 0.267. The summed E-state index contributed by atoms with van der Waals surface area (Å²) in [5.74, 6) is -0.880. The molecule has 5 N–H and O–H groups in total. The second kappa shape index (κ2) is 6.58. The first kappa shape index (κ1) is 14.7. The first-order valence-corrected chi connectivity index (χ1v) is 6.08. The molecule has 1 aromatic heterocycles. The van der Waals surface area contributed by atoms with Gasteiger partial charge in [-0.25, -0.2) is 0 Å². The normalized spacial score (nSPS) is 11.9. The minimum Gasteiger partial charge on any atom is -0.394 e. The van der Waals surface area contributed by atoms with Crippen molar-refractivity contribution >= 4 is 11.5 Å². The zero-order valence-corrected chi connectivity index (χ0v) is 11.2. The van der Waals surface area contributed by atoms with Gasteiger partial charge < -0.3 is 25.7 Å². The molecule has 0 aliphatic heterocycles. The van der Waals surface area contributed by atoms with Gasteiger partial charge in [-0.2, -0.15) is 5.10 Å². The van der Waals surface area contributed by atoms with E-state index in [9.17, 15) is 0 Å². The van der Waals surface area contributed by atoms with Crippen molar-refractivity contribution in [2.75, 3.05) is 31.3 Å². The van der Waals surface area contributed by atoms with E-state index in [1.165, 1.54) is 0 Å². The number of H-pyrrole nitrogens is 1. The molecule has 1 rings (SSSR count). The molecule has 0 saturated heterocycles. The number of aromatic amines is 1. The topological polar surface area (TPSA) is 108 Å². The van der Waals surface area contributed by atoms with Crippen molar-refractivity contribution in [3.63, 3.8) is 0 Å². The number of nitrogens with two attached hydrogens (primary N) is 2. The summed E-state index contributed by atoms with van der Waals surface area (Å²) in [7, 11) is 0. The van der Waals surface area contributed by atoms with Gasteiger partial charge in [-0.1, -0.05) is 0 Å². The van der Waals surface area contributed by atoms with E-state index in [1.807, 2.05) is 20.8 Å². The Morgan fingerprint density at radius 3 is 1.89 bits per heavy atom. The second-order valence-electron chi connectivity index (χ2n) is 3.66. The first-order chi connectivity index (χ1) is 8.58. The molecule has 1 heterocycles. The van der Waals surface area contributed by atoms with Crippen LogP contribution in [0.1, 0.15) is 26.5 Å². The van der Waals surface area contributed by atoms with Crippen LogP contribution in [0.2, 0.25) is 0 Å². The zero-order valence-electron chi connectivity index (χ0n) is 11.2. The third kappa shape index (κ3) is 3.34. The molecule has 0 radical (unpaired) electrons. The van der Waals surface area contributed by atoms with Crippen molar-refractivity contribution < 1.29 is 14.2 Å². The lowest BCUT2D eigenvalue weighted by Crippen LogP contribution is -2.42. The Morgan fingerprint density at radius 1 is 1.06 bits per heavy atom. The van der Waals surface area contributed by atoms with E-state index in [1.54, 1.807) is 0 Å². The van der Waals surface area contributed by atoms with Gasteiger partial charge in [-0.3, -0.25) is 5.10 Å². The predicted molar refractivity (Wildman–Crippen MR) is 68.7 cm³/mol. The number of ether oxygens (including phenoxy) is 3. The predicted octanol–water partition coefficient (Wildman–Crippen LogP) is 0.880. The highest BCUT2D eigenvalue weighted by Crippen LogP contribution is 2.26. The summed E-state index contributed by atoms with van der Waals surface area (Å²) in [6, 6.07) is 0. The molecular weight excluding hydrogens is 236 g/mol. The molecule has 0 spiro atoms. The molecule has 0 fully saturated rings. The summed E-state index contributed by atoms with van der Waals surface area (Å²) in [5, 5.41) is 6.61. The van der Waals surface area contributed by atoms with Crippen molar-refractivity contribution in [2.24, 2.45) is 0 Å². The van der Waals surface area contributed by atoms with Gasteiger partial charge in [0.1, 0.15) is 0 Å². The molecule has 7 heteroatoms. The number of nitrogens with zero attached hydrogens (tertiary/aromatic N) is 1. The van der Waals surface area contributed by atoms with Crippen LogP contribution in [0.5, 0.6) is 0 Å². The lowest BCUT2D eigenvalue weighted by Gasteiger charge is -2.32. The molecule has 0 aliphatic rings. The smallest absolute Gasteiger partial charge is 0.288 e. The Balaban J connectivity index is 2.91. The lowest BCUT2D eigenvalue weighted by atomic mass is 10.2. The third-order valence-electron chi connectivity index (χ3n) is 2.40. The van der Waals surface area contributed by atoms with Gasteiger partial charge in [0, 0.05) is 19.8 Å². The summed E-state index contributed by atoms with van der Waals surface area (Å²) in [5.41, 5.74) is 12.4. The summed E-state index contributed by atoms with van der Waals surface area (Å²) in [6.45, 7) is 7.00. The molecule has 1 aromatic rings. The fourth-order valence-corrected chi connectivity index (χ4v) is 1.69. The van der Waals surface area contributed by atoms with Crippen LogP contribution in [0.15, 0.2) is 0 Å². The Labute approximate surface area is 107 Å². The monoisotopic (exact) mass is 258 g/mol. The van der Waals surface area contributed by atoms with Crippen LogP contribution in [0.3, 0.4) is 0 Å². The van der Waals surface area contributed by atoms with Crippen LogP contribution in [-0.2, 0) is 20.6 Å². The summed E-state index contributed by atoms with van der Waals surface area (Å²) in [4.78, 5) is 0. The Bertz CT molecular complexity index is 350. The maximum absolute atomic E-state index is 5.81. The highest BCUT2D eigenvalue weighted by atomic mass is 16.9. The molecular formula is C11H22N4O3. The van der Waals surface area contributed by atoms with E-state index in [0.717, 1.165) is 0 Å². The van der Waals surface area contributed by atoms with E-state index in [4.69, 9.17) is 25.7 Å². The molecule has 0 atom stereocenters. The van der Waals surface area contributed by atoms with Gasteiger partial charge in [-0.05, 0) is 20.8 Å². The molecule has 0 bridgehead atoms. The minimum atomic E-state index is -1.15. The highest BCUT2D eigenvalue weighted by molar-refractivity contribution is 5.61. The van der Waals surface area contributed by atoms with E-state index in [-0.39, 0.29) is 5.82 Å². The molecule has 0 aromatic carbocycles. The van der Waals surface area contributed by atoms with Crippen LogP contribution >= 0.6 is 0 Å². The zero-order chi connectivity index (χ0) is 13.6. The molecule has 0 saturated carbocycles. The fraction of sp³-hybridized carbons (Fsp3) is 0.727.